The number of aryl methyl sites for hydroxylation is 2. The molecule has 2 rings (SSSR count). The quantitative estimate of drug-likeness (QED) is 0.588. The zero-order valence-corrected chi connectivity index (χ0v) is 19.3. The Balaban J connectivity index is 2.19. The number of hydrogen-bond acceptors (Lipinski definition) is 3. The van der Waals surface area contributed by atoms with Crippen LogP contribution in [0.15, 0.2) is 36.4 Å². The first kappa shape index (κ1) is 24.0. The van der Waals surface area contributed by atoms with Crippen LogP contribution < -0.4 is 10.1 Å². The number of rotatable bonds is 9. The van der Waals surface area contributed by atoms with E-state index in [2.05, 4.69) is 5.32 Å². The van der Waals surface area contributed by atoms with Gasteiger partial charge in [-0.3, -0.25) is 9.59 Å². The Morgan fingerprint density at radius 2 is 1.87 bits per heavy atom. The Bertz CT molecular complexity index is 902. The average Bonchev–Trinajstić information content (AvgIpc) is 2.70. The second-order valence-electron chi connectivity index (χ2n) is 7.28. The van der Waals surface area contributed by atoms with Gasteiger partial charge in [0.1, 0.15) is 11.8 Å². The Labute approximate surface area is 188 Å². The monoisotopic (exact) mass is 450 g/mol. The molecular weight excluding hydrogens is 423 g/mol. The third kappa shape index (κ3) is 6.64. The van der Waals surface area contributed by atoms with Gasteiger partial charge in [-0.15, -0.1) is 0 Å². The van der Waals surface area contributed by atoms with Gasteiger partial charge in [-0.05, 0) is 56.5 Å². The molecule has 2 amide bonds. The molecule has 0 fully saturated rings. The summed E-state index contributed by atoms with van der Waals surface area (Å²) in [6, 6.07) is 10.2. The molecule has 0 aliphatic rings. The third-order valence-electron chi connectivity index (χ3n) is 4.75. The highest BCUT2D eigenvalue weighted by Gasteiger charge is 2.27. The molecule has 0 aromatic heterocycles. The number of hydrogen-bond donors (Lipinski definition) is 1. The molecule has 0 bridgehead atoms. The molecule has 5 nitrogen and oxygen atoms in total. The highest BCUT2D eigenvalue weighted by molar-refractivity contribution is 6.35. The fourth-order valence-corrected chi connectivity index (χ4v) is 3.46. The smallest absolute Gasteiger partial charge is 0.261 e. The topological polar surface area (TPSA) is 58.6 Å². The standard InChI is InChI=1S/C23H28Cl2N2O3/c1-5-10-26-23(29)17(4)27(13-18-7-8-19(24)12-20(18)25)22(28)14-30-21-9-6-15(2)11-16(21)3/h6-9,11-12,17H,5,10,13-14H2,1-4H3,(H,26,29)/t17-/m0/s1. The van der Waals surface area contributed by atoms with Crippen molar-refractivity contribution >= 4 is 35.0 Å². The summed E-state index contributed by atoms with van der Waals surface area (Å²) in [5.74, 6) is 0.114. The number of ether oxygens (including phenoxy) is 1. The van der Waals surface area contributed by atoms with E-state index in [1.165, 1.54) is 4.90 Å². The van der Waals surface area contributed by atoms with Crippen LogP contribution in [0.1, 0.15) is 37.0 Å². The lowest BCUT2D eigenvalue weighted by Gasteiger charge is -2.29. The van der Waals surface area contributed by atoms with Crippen molar-refractivity contribution in [1.29, 1.82) is 0 Å². The summed E-state index contributed by atoms with van der Waals surface area (Å²) in [6.45, 7) is 8.14. The second-order valence-corrected chi connectivity index (χ2v) is 8.13. The Hall–Kier alpha value is -2.24. The van der Waals surface area contributed by atoms with Crippen LogP contribution >= 0.6 is 23.2 Å². The van der Waals surface area contributed by atoms with Crippen LogP contribution in [-0.2, 0) is 16.1 Å². The molecule has 0 heterocycles. The van der Waals surface area contributed by atoms with Crippen LogP contribution in [0.5, 0.6) is 5.75 Å². The maximum atomic E-state index is 13.0. The highest BCUT2D eigenvalue weighted by Crippen LogP contribution is 2.24. The van der Waals surface area contributed by atoms with Gasteiger partial charge in [0.2, 0.25) is 5.91 Å². The lowest BCUT2D eigenvalue weighted by atomic mass is 10.1. The summed E-state index contributed by atoms with van der Waals surface area (Å²) in [6.07, 6.45) is 0.811. The van der Waals surface area contributed by atoms with Crippen LogP contribution in [0.4, 0.5) is 0 Å². The van der Waals surface area contributed by atoms with E-state index in [1.54, 1.807) is 25.1 Å². The van der Waals surface area contributed by atoms with Crippen molar-refractivity contribution in [2.24, 2.45) is 0 Å². The second kappa shape index (κ2) is 11.2. The minimum absolute atomic E-state index is 0.172. The van der Waals surface area contributed by atoms with Gasteiger partial charge < -0.3 is 15.0 Å². The van der Waals surface area contributed by atoms with Crippen LogP contribution in [0.2, 0.25) is 10.0 Å². The van der Waals surface area contributed by atoms with Crippen LogP contribution in [0.3, 0.4) is 0 Å². The van der Waals surface area contributed by atoms with Gasteiger partial charge in [-0.1, -0.05) is 53.9 Å². The summed E-state index contributed by atoms with van der Waals surface area (Å²) in [5.41, 5.74) is 2.77. The van der Waals surface area contributed by atoms with Crippen LogP contribution in [-0.4, -0.2) is 35.9 Å². The Kier molecular flexibility index (Phi) is 9.00. The van der Waals surface area contributed by atoms with Crippen molar-refractivity contribution in [3.8, 4) is 5.75 Å². The SMILES string of the molecule is CCCNC(=O)[C@H](C)N(Cc1ccc(Cl)cc1Cl)C(=O)COc1ccc(C)cc1C. The number of amides is 2. The molecule has 0 saturated carbocycles. The number of nitrogens with one attached hydrogen (secondary N) is 1. The van der Waals surface area contributed by atoms with Gasteiger partial charge in [0.25, 0.3) is 5.91 Å². The molecule has 162 valence electrons. The summed E-state index contributed by atoms with van der Waals surface area (Å²) in [5, 5.41) is 3.79. The van der Waals surface area contributed by atoms with Crippen molar-refractivity contribution in [3.63, 3.8) is 0 Å². The first-order chi connectivity index (χ1) is 14.2. The average molecular weight is 451 g/mol. The molecule has 0 radical (unpaired) electrons. The zero-order chi connectivity index (χ0) is 22.3. The van der Waals surface area contributed by atoms with E-state index in [-0.39, 0.29) is 25.0 Å². The molecule has 2 aromatic rings. The highest BCUT2D eigenvalue weighted by atomic mass is 35.5. The normalized spacial score (nSPS) is 11.7. The molecule has 0 spiro atoms. The lowest BCUT2D eigenvalue weighted by molar-refractivity contribution is -0.142. The maximum absolute atomic E-state index is 13.0. The van der Waals surface area contributed by atoms with Gasteiger partial charge >= 0.3 is 0 Å². The fourth-order valence-electron chi connectivity index (χ4n) is 3.00. The van der Waals surface area contributed by atoms with E-state index in [9.17, 15) is 9.59 Å². The summed E-state index contributed by atoms with van der Waals surface area (Å²) >= 11 is 12.3. The Morgan fingerprint density at radius 3 is 2.50 bits per heavy atom. The number of carbonyl (C=O) groups is 2. The number of halogens is 2. The van der Waals surface area contributed by atoms with Crippen molar-refractivity contribution in [2.45, 2.75) is 46.7 Å². The molecule has 1 N–H and O–H groups in total. The molecule has 0 aliphatic heterocycles. The summed E-state index contributed by atoms with van der Waals surface area (Å²) in [4.78, 5) is 27.1. The van der Waals surface area contributed by atoms with E-state index in [4.69, 9.17) is 27.9 Å². The minimum Gasteiger partial charge on any atom is -0.483 e. The van der Waals surface area contributed by atoms with Crippen molar-refractivity contribution in [2.75, 3.05) is 13.2 Å². The van der Waals surface area contributed by atoms with E-state index < -0.39 is 6.04 Å². The first-order valence-corrected chi connectivity index (χ1v) is 10.7. The number of nitrogens with zero attached hydrogens (tertiary/aromatic N) is 1. The van der Waals surface area contributed by atoms with Gasteiger partial charge in [-0.2, -0.15) is 0 Å². The van der Waals surface area contributed by atoms with Gasteiger partial charge in [-0.25, -0.2) is 0 Å². The van der Waals surface area contributed by atoms with Crippen molar-refractivity contribution in [3.05, 3.63) is 63.1 Å². The first-order valence-electron chi connectivity index (χ1n) is 9.94. The van der Waals surface area contributed by atoms with Crippen LogP contribution in [0.25, 0.3) is 0 Å². The molecule has 30 heavy (non-hydrogen) atoms. The maximum Gasteiger partial charge on any atom is 0.261 e. The lowest BCUT2D eigenvalue weighted by Crippen LogP contribution is -2.49. The molecule has 2 aromatic carbocycles. The molecular formula is C23H28Cl2N2O3. The molecule has 0 saturated heterocycles. The minimum atomic E-state index is -0.682. The Morgan fingerprint density at radius 1 is 1.13 bits per heavy atom. The van der Waals surface area contributed by atoms with E-state index in [0.29, 0.717) is 27.9 Å². The van der Waals surface area contributed by atoms with Crippen molar-refractivity contribution in [1.82, 2.24) is 10.2 Å². The van der Waals surface area contributed by atoms with Crippen molar-refractivity contribution < 1.29 is 14.3 Å². The third-order valence-corrected chi connectivity index (χ3v) is 5.34. The number of benzene rings is 2. The predicted octanol–water partition coefficient (Wildman–Crippen LogP) is 4.93. The van der Waals surface area contributed by atoms with E-state index >= 15 is 0 Å². The van der Waals surface area contributed by atoms with Gasteiger partial charge in [0.05, 0.1) is 0 Å². The predicted molar refractivity (Wildman–Crippen MR) is 121 cm³/mol. The van der Waals surface area contributed by atoms with Crippen LogP contribution in [0, 0.1) is 13.8 Å². The molecule has 7 heteroatoms. The number of carbonyl (C=O) groups excluding carboxylic acids is 2. The van der Waals surface area contributed by atoms with E-state index in [1.807, 2.05) is 39.0 Å². The molecule has 1 atom stereocenters. The summed E-state index contributed by atoms with van der Waals surface area (Å²) < 4.78 is 5.76. The van der Waals surface area contributed by atoms with E-state index in [0.717, 1.165) is 17.5 Å². The van der Waals surface area contributed by atoms with Gasteiger partial charge in [0.15, 0.2) is 6.61 Å². The fraction of sp³-hybridized carbons (Fsp3) is 0.391. The molecule has 0 unspecified atom stereocenters. The molecule has 0 aliphatic carbocycles. The van der Waals surface area contributed by atoms with Gasteiger partial charge in [0, 0.05) is 23.1 Å². The zero-order valence-electron chi connectivity index (χ0n) is 17.8. The summed E-state index contributed by atoms with van der Waals surface area (Å²) in [7, 11) is 0. The largest absolute Gasteiger partial charge is 0.483 e.